The van der Waals surface area contributed by atoms with E-state index in [1.807, 2.05) is 0 Å². The van der Waals surface area contributed by atoms with Crippen LogP contribution in [0.3, 0.4) is 0 Å². The number of amides is 1. The highest BCUT2D eigenvalue weighted by molar-refractivity contribution is 7.89. The van der Waals surface area contributed by atoms with Gasteiger partial charge in [0.05, 0.1) is 30.5 Å². The Morgan fingerprint density at radius 2 is 1.70 bits per heavy atom. The van der Waals surface area contributed by atoms with E-state index in [1.165, 1.54) is 44.6 Å². The molecule has 0 saturated carbocycles. The van der Waals surface area contributed by atoms with Gasteiger partial charge in [-0.25, -0.2) is 17.9 Å². The van der Waals surface area contributed by atoms with E-state index in [-0.39, 0.29) is 26.7 Å². The Balaban J connectivity index is 2.41. The molecule has 0 aliphatic rings. The molecule has 2 rings (SSSR count). The summed E-state index contributed by atoms with van der Waals surface area (Å²) in [5.74, 6) is -0.895. The third-order valence-corrected chi connectivity index (χ3v) is 6.04. The lowest BCUT2D eigenvalue weighted by molar-refractivity contribution is 0.0601. The number of sulfonamides is 1. The van der Waals surface area contributed by atoms with Gasteiger partial charge in [-0.1, -0.05) is 11.6 Å². The molecular formula is C20H23ClN2O6S. The number of carbonyl (C=O) groups excluding carboxylic acids is 2. The van der Waals surface area contributed by atoms with Gasteiger partial charge >= 0.3 is 5.97 Å². The van der Waals surface area contributed by atoms with Gasteiger partial charge in [0.15, 0.2) is 0 Å². The number of ether oxygens (including phenoxy) is 2. The first-order valence-electron chi connectivity index (χ1n) is 8.79. The smallest absolute Gasteiger partial charge is 0.340 e. The van der Waals surface area contributed by atoms with Crippen molar-refractivity contribution < 1.29 is 27.5 Å². The molecule has 0 radical (unpaired) electrons. The van der Waals surface area contributed by atoms with Gasteiger partial charge in [0.1, 0.15) is 10.6 Å². The van der Waals surface area contributed by atoms with E-state index in [1.54, 1.807) is 26.8 Å². The third-order valence-electron chi connectivity index (χ3n) is 3.80. The number of esters is 1. The van der Waals surface area contributed by atoms with E-state index >= 15 is 0 Å². The van der Waals surface area contributed by atoms with Crippen molar-refractivity contribution >= 4 is 39.2 Å². The lowest BCUT2D eigenvalue weighted by Crippen LogP contribution is -2.40. The number of nitrogens with one attached hydrogen (secondary N) is 2. The molecule has 10 heteroatoms. The monoisotopic (exact) mass is 454 g/mol. The molecule has 0 aliphatic heterocycles. The molecule has 2 N–H and O–H groups in total. The van der Waals surface area contributed by atoms with Crippen molar-refractivity contribution in [3.05, 3.63) is 52.5 Å². The molecule has 0 unspecified atom stereocenters. The quantitative estimate of drug-likeness (QED) is 0.646. The minimum Gasteiger partial charge on any atom is -0.497 e. The zero-order valence-corrected chi connectivity index (χ0v) is 18.8. The fourth-order valence-corrected chi connectivity index (χ4v) is 4.49. The van der Waals surface area contributed by atoms with E-state index in [0.717, 1.165) is 0 Å². The Morgan fingerprint density at radius 3 is 2.27 bits per heavy atom. The molecule has 0 aliphatic carbocycles. The topological polar surface area (TPSA) is 111 Å². The summed E-state index contributed by atoms with van der Waals surface area (Å²) < 4.78 is 37.6. The van der Waals surface area contributed by atoms with Crippen LogP contribution in [0.5, 0.6) is 5.75 Å². The lowest BCUT2D eigenvalue weighted by atomic mass is 10.1. The van der Waals surface area contributed by atoms with Crippen molar-refractivity contribution in [2.75, 3.05) is 19.5 Å². The summed E-state index contributed by atoms with van der Waals surface area (Å²) in [6, 6.07) is 8.35. The zero-order valence-electron chi connectivity index (χ0n) is 17.2. The van der Waals surface area contributed by atoms with Crippen LogP contribution in [0.25, 0.3) is 0 Å². The van der Waals surface area contributed by atoms with Crippen molar-refractivity contribution in [3.63, 3.8) is 0 Å². The summed E-state index contributed by atoms with van der Waals surface area (Å²) in [6.07, 6.45) is 0. The highest BCUT2D eigenvalue weighted by Gasteiger charge is 2.25. The predicted octanol–water partition coefficient (Wildman–Crippen LogP) is 3.46. The molecule has 2 aromatic rings. The number of benzene rings is 2. The number of methoxy groups -OCH3 is 2. The van der Waals surface area contributed by atoms with Crippen LogP contribution in [0.4, 0.5) is 5.69 Å². The van der Waals surface area contributed by atoms with Crippen LogP contribution in [0.2, 0.25) is 5.02 Å². The maximum Gasteiger partial charge on any atom is 0.340 e. The summed E-state index contributed by atoms with van der Waals surface area (Å²) in [7, 11) is -1.31. The second-order valence-electron chi connectivity index (χ2n) is 7.36. The molecule has 1 amide bonds. The second kappa shape index (κ2) is 9.03. The number of hydrogen-bond donors (Lipinski definition) is 2. The fraction of sp³-hybridized carbons (Fsp3) is 0.300. The average molecular weight is 455 g/mol. The molecule has 0 fully saturated rings. The van der Waals surface area contributed by atoms with Gasteiger partial charge < -0.3 is 14.8 Å². The first kappa shape index (κ1) is 23.7. The van der Waals surface area contributed by atoms with Crippen LogP contribution in [0.15, 0.2) is 41.3 Å². The molecule has 0 heterocycles. The lowest BCUT2D eigenvalue weighted by Gasteiger charge is -2.21. The van der Waals surface area contributed by atoms with Crippen molar-refractivity contribution in [2.24, 2.45) is 0 Å². The van der Waals surface area contributed by atoms with Crippen molar-refractivity contribution in [2.45, 2.75) is 31.2 Å². The minimum absolute atomic E-state index is 0.0250. The van der Waals surface area contributed by atoms with Crippen LogP contribution in [-0.2, 0) is 14.8 Å². The van der Waals surface area contributed by atoms with Gasteiger partial charge in [-0.15, -0.1) is 0 Å². The molecule has 0 spiro atoms. The standard InChI is InChI=1S/C20H23ClN2O6S/c1-20(2,3)23-30(26,27)17-10-12(6-8-15(17)21)18(24)22-16-9-7-13(28-4)11-14(16)19(25)29-5/h6-11,23H,1-5H3,(H,22,24). The summed E-state index contributed by atoms with van der Waals surface area (Å²) in [6.45, 7) is 5.06. The highest BCUT2D eigenvalue weighted by Crippen LogP contribution is 2.26. The van der Waals surface area contributed by atoms with Crippen LogP contribution in [-0.4, -0.2) is 40.1 Å². The number of rotatable bonds is 6. The summed E-state index contributed by atoms with van der Waals surface area (Å²) >= 11 is 6.07. The molecule has 2 aromatic carbocycles. The van der Waals surface area contributed by atoms with Crippen molar-refractivity contribution in [1.82, 2.24) is 4.72 Å². The van der Waals surface area contributed by atoms with E-state index < -0.39 is 27.4 Å². The van der Waals surface area contributed by atoms with Crippen LogP contribution < -0.4 is 14.8 Å². The first-order chi connectivity index (χ1) is 13.9. The van der Waals surface area contributed by atoms with Gasteiger partial charge in [-0.05, 0) is 57.2 Å². The Kier molecular flexibility index (Phi) is 7.12. The molecule has 0 bridgehead atoms. The van der Waals surface area contributed by atoms with E-state index in [4.69, 9.17) is 21.1 Å². The maximum atomic E-state index is 12.8. The van der Waals surface area contributed by atoms with Crippen molar-refractivity contribution in [3.8, 4) is 5.75 Å². The van der Waals surface area contributed by atoms with Crippen LogP contribution in [0, 0.1) is 0 Å². The highest BCUT2D eigenvalue weighted by atomic mass is 35.5. The van der Waals surface area contributed by atoms with Crippen LogP contribution in [0.1, 0.15) is 41.5 Å². The predicted molar refractivity (Wildman–Crippen MR) is 114 cm³/mol. The Bertz CT molecular complexity index is 1080. The first-order valence-corrected chi connectivity index (χ1v) is 10.7. The van der Waals surface area contributed by atoms with E-state index in [9.17, 15) is 18.0 Å². The zero-order chi connectivity index (χ0) is 22.7. The largest absolute Gasteiger partial charge is 0.497 e. The number of carbonyl (C=O) groups is 2. The van der Waals surface area contributed by atoms with Crippen molar-refractivity contribution in [1.29, 1.82) is 0 Å². The average Bonchev–Trinajstić information content (AvgIpc) is 2.65. The molecule has 0 aromatic heterocycles. The van der Waals surface area contributed by atoms with Gasteiger partial charge in [0.2, 0.25) is 10.0 Å². The Morgan fingerprint density at radius 1 is 1.03 bits per heavy atom. The van der Waals surface area contributed by atoms with E-state index in [2.05, 4.69) is 10.0 Å². The molecule has 0 atom stereocenters. The SMILES string of the molecule is COC(=O)c1cc(OC)ccc1NC(=O)c1ccc(Cl)c(S(=O)(=O)NC(C)(C)C)c1. The number of anilines is 1. The fourth-order valence-electron chi connectivity index (χ4n) is 2.54. The summed E-state index contributed by atoms with van der Waals surface area (Å²) in [5, 5.41) is 2.56. The third kappa shape index (κ3) is 5.71. The maximum absolute atomic E-state index is 12.8. The van der Waals surface area contributed by atoms with Gasteiger partial charge in [-0.3, -0.25) is 4.79 Å². The molecule has 8 nitrogen and oxygen atoms in total. The Labute approximate surface area is 180 Å². The van der Waals surface area contributed by atoms with Gasteiger partial charge in [0, 0.05) is 11.1 Å². The molecule has 30 heavy (non-hydrogen) atoms. The molecule has 162 valence electrons. The summed E-state index contributed by atoms with van der Waals surface area (Å²) in [4.78, 5) is 24.6. The normalized spacial score (nSPS) is 11.7. The van der Waals surface area contributed by atoms with E-state index in [0.29, 0.717) is 5.75 Å². The Hall–Kier alpha value is -2.62. The molecular weight excluding hydrogens is 432 g/mol. The number of halogens is 1. The van der Waals surface area contributed by atoms with Gasteiger partial charge in [0.25, 0.3) is 5.91 Å². The minimum atomic E-state index is -3.96. The molecule has 0 saturated heterocycles. The second-order valence-corrected chi connectivity index (χ2v) is 9.42. The summed E-state index contributed by atoms with van der Waals surface area (Å²) in [5.41, 5.74) is -0.430. The van der Waals surface area contributed by atoms with Gasteiger partial charge in [-0.2, -0.15) is 0 Å². The van der Waals surface area contributed by atoms with Crippen LogP contribution >= 0.6 is 11.6 Å². The number of hydrogen-bond acceptors (Lipinski definition) is 6.